The Morgan fingerprint density at radius 3 is 2.89 bits per heavy atom. The van der Waals surface area contributed by atoms with Gasteiger partial charge in [-0.15, -0.1) is 0 Å². The van der Waals surface area contributed by atoms with Gasteiger partial charge in [-0.2, -0.15) is 4.39 Å². The van der Waals surface area contributed by atoms with Gasteiger partial charge in [0.05, 0.1) is 11.8 Å². The minimum absolute atomic E-state index is 0.159. The van der Waals surface area contributed by atoms with E-state index >= 15 is 0 Å². The zero-order valence-electron chi connectivity index (χ0n) is 9.65. The molecule has 0 saturated heterocycles. The minimum atomic E-state index is -1.10. The van der Waals surface area contributed by atoms with Crippen LogP contribution in [0, 0.1) is 11.6 Å². The van der Waals surface area contributed by atoms with Gasteiger partial charge in [-0.25, -0.2) is 10.2 Å². The van der Waals surface area contributed by atoms with E-state index in [2.05, 4.69) is 0 Å². The third-order valence-electron chi connectivity index (χ3n) is 2.40. The van der Waals surface area contributed by atoms with Crippen LogP contribution in [0.25, 0.3) is 0 Å². The van der Waals surface area contributed by atoms with E-state index in [-0.39, 0.29) is 23.7 Å². The van der Waals surface area contributed by atoms with Crippen molar-refractivity contribution in [3.63, 3.8) is 0 Å². The topological polar surface area (TPSA) is 77.5 Å². The van der Waals surface area contributed by atoms with Gasteiger partial charge in [0.1, 0.15) is 6.61 Å². The number of furan rings is 1. The highest BCUT2D eigenvalue weighted by Gasteiger charge is 2.15. The van der Waals surface area contributed by atoms with Crippen molar-refractivity contribution in [1.82, 2.24) is 5.43 Å². The maximum absolute atomic E-state index is 13.3. The first-order chi connectivity index (χ1) is 9.13. The van der Waals surface area contributed by atoms with Crippen LogP contribution in [0.15, 0.2) is 34.9 Å². The van der Waals surface area contributed by atoms with E-state index in [4.69, 9.17) is 15.0 Å². The van der Waals surface area contributed by atoms with Gasteiger partial charge in [-0.3, -0.25) is 10.2 Å². The number of rotatable bonds is 4. The predicted octanol–water partition coefficient (Wildman–Crippen LogP) is 1.74. The van der Waals surface area contributed by atoms with E-state index in [0.29, 0.717) is 0 Å². The molecule has 100 valence electrons. The van der Waals surface area contributed by atoms with E-state index in [0.717, 1.165) is 6.07 Å². The van der Waals surface area contributed by atoms with Crippen LogP contribution in [0.5, 0.6) is 5.75 Å². The van der Waals surface area contributed by atoms with E-state index < -0.39 is 17.5 Å². The maximum Gasteiger partial charge on any atom is 0.268 e. The molecule has 0 atom stereocenters. The van der Waals surface area contributed by atoms with Crippen molar-refractivity contribution in [3.05, 3.63) is 53.5 Å². The molecule has 3 N–H and O–H groups in total. The first-order valence-electron chi connectivity index (χ1n) is 5.27. The number of ether oxygens (including phenoxy) is 1. The number of carbonyl (C=O) groups excluding carboxylic acids is 1. The highest BCUT2D eigenvalue weighted by molar-refractivity contribution is 5.94. The summed E-state index contributed by atoms with van der Waals surface area (Å²) < 4.78 is 36.4. The van der Waals surface area contributed by atoms with Crippen LogP contribution in [-0.4, -0.2) is 5.91 Å². The van der Waals surface area contributed by atoms with Crippen LogP contribution in [0.3, 0.4) is 0 Å². The number of hydrazine groups is 1. The van der Waals surface area contributed by atoms with Crippen LogP contribution >= 0.6 is 0 Å². The normalized spacial score (nSPS) is 10.3. The third-order valence-corrected chi connectivity index (χ3v) is 2.40. The molecule has 0 fully saturated rings. The second-order valence-corrected chi connectivity index (χ2v) is 3.57. The molecule has 0 aliphatic carbocycles. The zero-order valence-corrected chi connectivity index (χ0v) is 9.65. The molecule has 0 aliphatic rings. The first-order valence-corrected chi connectivity index (χ1v) is 5.27. The molecule has 0 radical (unpaired) electrons. The van der Waals surface area contributed by atoms with Gasteiger partial charge >= 0.3 is 0 Å². The Kier molecular flexibility index (Phi) is 3.76. The molecule has 0 spiro atoms. The van der Waals surface area contributed by atoms with Gasteiger partial charge in [0.15, 0.2) is 17.3 Å². The standard InChI is InChI=1S/C12H10F2N2O3/c13-8-2-1-3-9(11(8)14)19-6-10-7(4-5-18-10)12(17)16-15/h1-5H,6,15H2,(H,16,17). The number of amides is 1. The van der Waals surface area contributed by atoms with E-state index in [1.165, 1.54) is 24.5 Å². The largest absolute Gasteiger partial charge is 0.482 e. The smallest absolute Gasteiger partial charge is 0.268 e. The molecule has 5 nitrogen and oxygen atoms in total. The Bertz CT molecular complexity index is 598. The Morgan fingerprint density at radius 1 is 1.37 bits per heavy atom. The average Bonchev–Trinajstić information content (AvgIpc) is 2.88. The van der Waals surface area contributed by atoms with Crippen molar-refractivity contribution >= 4 is 5.91 Å². The number of nitrogens with one attached hydrogen (secondary N) is 1. The minimum Gasteiger partial charge on any atom is -0.482 e. The van der Waals surface area contributed by atoms with Crippen molar-refractivity contribution in [1.29, 1.82) is 0 Å². The molecule has 1 heterocycles. The van der Waals surface area contributed by atoms with Crippen LogP contribution < -0.4 is 16.0 Å². The number of hydrogen-bond acceptors (Lipinski definition) is 4. The van der Waals surface area contributed by atoms with Crippen LogP contribution in [0.2, 0.25) is 0 Å². The van der Waals surface area contributed by atoms with Gasteiger partial charge in [0, 0.05) is 0 Å². The summed E-state index contributed by atoms with van der Waals surface area (Å²) in [4.78, 5) is 11.3. The van der Waals surface area contributed by atoms with Gasteiger partial charge in [0.25, 0.3) is 5.91 Å². The molecule has 0 unspecified atom stereocenters. The summed E-state index contributed by atoms with van der Waals surface area (Å²) in [5.41, 5.74) is 2.10. The molecular formula is C12H10F2N2O3. The Hall–Kier alpha value is -2.41. The fourth-order valence-electron chi connectivity index (χ4n) is 1.47. The lowest BCUT2D eigenvalue weighted by atomic mass is 10.2. The summed E-state index contributed by atoms with van der Waals surface area (Å²) in [6.07, 6.45) is 1.27. The Morgan fingerprint density at radius 2 is 2.16 bits per heavy atom. The van der Waals surface area contributed by atoms with Crippen molar-refractivity contribution in [3.8, 4) is 5.75 Å². The van der Waals surface area contributed by atoms with Crippen molar-refractivity contribution in [2.75, 3.05) is 0 Å². The van der Waals surface area contributed by atoms with Crippen molar-refractivity contribution < 1.29 is 22.7 Å². The SMILES string of the molecule is NNC(=O)c1ccoc1COc1cccc(F)c1F. The summed E-state index contributed by atoms with van der Waals surface area (Å²) in [5, 5.41) is 0. The molecule has 1 aromatic carbocycles. The predicted molar refractivity (Wildman–Crippen MR) is 61.1 cm³/mol. The number of hydrogen-bond donors (Lipinski definition) is 2. The highest BCUT2D eigenvalue weighted by Crippen LogP contribution is 2.21. The monoisotopic (exact) mass is 268 g/mol. The van der Waals surface area contributed by atoms with Gasteiger partial charge in [-0.1, -0.05) is 6.07 Å². The van der Waals surface area contributed by atoms with E-state index in [1.54, 1.807) is 0 Å². The number of halogens is 2. The Balaban J connectivity index is 2.13. The summed E-state index contributed by atoms with van der Waals surface area (Å²) in [5.74, 6) is 2.20. The quantitative estimate of drug-likeness (QED) is 0.503. The number of carbonyl (C=O) groups is 1. The summed E-state index contributed by atoms with van der Waals surface area (Å²) in [6.45, 7) is -0.226. The molecule has 2 rings (SSSR count). The molecule has 0 bridgehead atoms. The van der Waals surface area contributed by atoms with Crippen LogP contribution in [0.1, 0.15) is 16.1 Å². The maximum atomic E-state index is 13.3. The second-order valence-electron chi connectivity index (χ2n) is 3.57. The van der Waals surface area contributed by atoms with E-state index in [9.17, 15) is 13.6 Å². The fourth-order valence-corrected chi connectivity index (χ4v) is 1.47. The molecule has 19 heavy (non-hydrogen) atoms. The van der Waals surface area contributed by atoms with Gasteiger partial charge < -0.3 is 9.15 Å². The average molecular weight is 268 g/mol. The molecular weight excluding hydrogens is 258 g/mol. The first kappa shape index (κ1) is 13.0. The summed E-state index contributed by atoms with van der Waals surface area (Å²) in [7, 11) is 0. The van der Waals surface area contributed by atoms with Crippen LogP contribution in [0.4, 0.5) is 8.78 Å². The molecule has 1 amide bonds. The fraction of sp³-hybridized carbons (Fsp3) is 0.0833. The van der Waals surface area contributed by atoms with E-state index in [1.807, 2.05) is 5.43 Å². The summed E-state index contributed by atoms with van der Waals surface area (Å²) >= 11 is 0. The number of benzene rings is 1. The summed E-state index contributed by atoms with van der Waals surface area (Å²) in [6, 6.07) is 4.94. The highest BCUT2D eigenvalue weighted by atomic mass is 19.2. The lowest BCUT2D eigenvalue weighted by molar-refractivity contribution is 0.0949. The Labute approximate surface area is 106 Å². The second kappa shape index (κ2) is 5.49. The third kappa shape index (κ3) is 2.71. The molecule has 0 aliphatic heterocycles. The molecule has 1 aromatic heterocycles. The molecule has 0 saturated carbocycles. The number of nitrogen functional groups attached to an aromatic ring is 1. The van der Waals surface area contributed by atoms with Gasteiger partial charge in [-0.05, 0) is 18.2 Å². The molecule has 2 aromatic rings. The zero-order chi connectivity index (χ0) is 13.8. The number of nitrogens with two attached hydrogens (primary N) is 1. The lowest BCUT2D eigenvalue weighted by Gasteiger charge is -2.07. The van der Waals surface area contributed by atoms with Crippen molar-refractivity contribution in [2.45, 2.75) is 6.61 Å². The van der Waals surface area contributed by atoms with Crippen LogP contribution in [-0.2, 0) is 6.61 Å². The van der Waals surface area contributed by atoms with Gasteiger partial charge in [0.2, 0.25) is 5.82 Å². The van der Waals surface area contributed by atoms with Crippen molar-refractivity contribution in [2.24, 2.45) is 5.84 Å². The lowest BCUT2D eigenvalue weighted by Crippen LogP contribution is -2.30. The molecule has 7 heteroatoms.